The van der Waals surface area contributed by atoms with Crippen molar-refractivity contribution in [3.8, 4) is 0 Å². The van der Waals surface area contributed by atoms with Gasteiger partial charge in [0, 0.05) is 33.8 Å². The van der Waals surface area contributed by atoms with Gasteiger partial charge in [0.05, 0.1) is 5.54 Å². The molecule has 0 aliphatic carbocycles. The maximum absolute atomic E-state index is 9.68. The standard InChI is InChI=1S/C19H31NO4/c1-15(2)12-19(10-11-21)13-17(18(22-3)23-4)24-20(19)14-16-8-6-5-7-9-16/h5-9,15,17-18,21H,10-14H2,1-4H3. The van der Waals surface area contributed by atoms with E-state index in [9.17, 15) is 5.11 Å². The molecule has 5 heteroatoms. The van der Waals surface area contributed by atoms with Crippen molar-refractivity contribution in [1.82, 2.24) is 5.06 Å². The SMILES string of the molecule is COC(OC)C1CC(CCO)(CC(C)C)N(Cc2ccccc2)O1. The van der Waals surface area contributed by atoms with Gasteiger partial charge in [-0.25, -0.2) is 0 Å². The van der Waals surface area contributed by atoms with Crippen LogP contribution in [-0.4, -0.2) is 48.9 Å². The van der Waals surface area contributed by atoms with E-state index in [2.05, 4.69) is 26.0 Å². The second-order valence-corrected chi connectivity index (χ2v) is 7.01. The average Bonchev–Trinajstić information content (AvgIpc) is 2.87. The third kappa shape index (κ3) is 4.55. The zero-order chi connectivity index (χ0) is 17.6. The Hall–Kier alpha value is -0.980. The minimum absolute atomic E-state index is 0.138. The molecule has 0 amide bonds. The molecule has 0 spiro atoms. The molecule has 1 fully saturated rings. The molecule has 1 aliphatic heterocycles. The van der Waals surface area contributed by atoms with Crippen LogP contribution in [-0.2, 0) is 20.9 Å². The summed E-state index contributed by atoms with van der Waals surface area (Å²) in [4.78, 5) is 6.25. The van der Waals surface area contributed by atoms with Crippen molar-refractivity contribution < 1.29 is 19.4 Å². The number of rotatable bonds is 9. The molecule has 0 bridgehead atoms. The molecular weight excluding hydrogens is 306 g/mol. The third-order valence-corrected chi connectivity index (χ3v) is 4.68. The third-order valence-electron chi connectivity index (χ3n) is 4.68. The Morgan fingerprint density at radius 1 is 1.25 bits per heavy atom. The van der Waals surface area contributed by atoms with Gasteiger partial charge in [0.15, 0.2) is 6.29 Å². The maximum Gasteiger partial charge on any atom is 0.185 e. The molecule has 0 saturated carbocycles. The highest BCUT2D eigenvalue weighted by atomic mass is 16.7. The highest BCUT2D eigenvalue weighted by Crippen LogP contribution is 2.42. The van der Waals surface area contributed by atoms with E-state index in [4.69, 9.17) is 14.3 Å². The molecule has 2 rings (SSSR count). The number of nitrogens with zero attached hydrogens (tertiary/aromatic N) is 1. The quantitative estimate of drug-likeness (QED) is 0.702. The molecule has 1 aliphatic rings. The second-order valence-electron chi connectivity index (χ2n) is 7.01. The molecule has 2 atom stereocenters. The van der Waals surface area contributed by atoms with Crippen molar-refractivity contribution in [2.24, 2.45) is 5.92 Å². The molecule has 0 aromatic heterocycles. The van der Waals surface area contributed by atoms with Gasteiger partial charge in [0.1, 0.15) is 6.10 Å². The molecule has 1 heterocycles. The lowest BCUT2D eigenvalue weighted by molar-refractivity contribution is -0.253. The van der Waals surface area contributed by atoms with E-state index in [1.807, 2.05) is 23.3 Å². The Kier molecular flexibility index (Phi) is 7.19. The number of methoxy groups -OCH3 is 2. The molecule has 1 aromatic carbocycles. The van der Waals surface area contributed by atoms with Crippen molar-refractivity contribution in [3.05, 3.63) is 35.9 Å². The Balaban J connectivity index is 2.26. The molecule has 136 valence electrons. The number of hydrogen-bond acceptors (Lipinski definition) is 5. The fraction of sp³-hybridized carbons (Fsp3) is 0.684. The summed E-state index contributed by atoms with van der Waals surface area (Å²) in [5, 5.41) is 11.7. The molecule has 2 unspecified atom stereocenters. The largest absolute Gasteiger partial charge is 0.396 e. The number of hydrogen-bond donors (Lipinski definition) is 1. The van der Waals surface area contributed by atoms with Crippen LogP contribution in [0.4, 0.5) is 0 Å². The predicted molar refractivity (Wildman–Crippen MR) is 93.2 cm³/mol. The summed E-state index contributed by atoms with van der Waals surface area (Å²) in [5.41, 5.74) is 0.981. The van der Waals surface area contributed by atoms with Crippen LogP contribution in [0.1, 0.15) is 38.7 Å². The van der Waals surface area contributed by atoms with Crippen molar-refractivity contribution in [1.29, 1.82) is 0 Å². The van der Waals surface area contributed by atoms with Crippen LogP contribution in [0.5, 0.6) is 0 Å². The van der Waals surface area contributed by atoms with Crippen molar-refractivity contribution >= 4 is 0 Å². The van der Waals surface area contributed by atoms with Gasteiger partial charge in [-0.1, -0.05) is 44.2 Å². The van der Waals surface area contributed by atoms with Gasteiger partial charge in [0.25, 0.3) is 0 Å². The first-order valence-electron chi connectivity index (χ1n) is 8.69. The summed E-state index contributed by atoms with van der Waals surface area (Å²) < 4.78 is 10.8. The van der Waals surface area contributed by atoms with Crippen LogP contribution < -0.4 is 0 Å². The minimum atomic E-state index is -0.406. The predicted octanol–water partition coefficient (Wildman–Crippen LogP) is 2.98. The summed E-state index contributed by atoms with van der Waals surface area (Å²) >= 11 is 0. The monoisotopic (exact) mass is 337 g/mol. The van der Waals surface area contributed by atoms with Crippen LogP contribution >= 0.6 is 0 Å². The van der Waals surface area contributed by atoms with Gasteiger partial charge < -0.3 is 14.6 Å². The van der Waals surface area contributed by atoms with Crippen molar-refractivity contribution in [2.45, 2.75) is 57.6 Å². The lowest BCUT2D eigenvalue weighted by Crippen LogP contribution is -2.44. The van der Waals surface area contributed by atoms with E-state index in [1.165, 1.54) is 5.56 Å². The Morgan fingerprint density at radius 2 is 1.92 bits per heavy atom. The van der Waals surface area contributed by atoms with Gasteiger partial charge in [-0.3, -0.25) is 4.84 Å². The van der Waals surface area contributed by atoms with Crippen LogP contribution in [0.3, 0.4) is 0 Å². The summed E-state index contributed by atoms with van der Waals surface area (Å²) in [7, 11) is 3.26. The van der Waals surface area contributed by atoms with Gasteiger partial charge in [-0.05, 0) is 24.3 Å². The van der Waals surface area contributed by atoms with Crippen molar-refractivity contribution in [3.63, 3.8) is 0 Å². The summed E-state index contributed by atoms with van der Waals surface area (Å²) in [6.07, 6.45) is 1.83. The second kappa shape index (κ2) is 8.92. The molecule has 0 radical (unpaired) electrons. The molecule has 1 aromatic rings. The van der Waals surface area contributed by atoms with E-state index in [0.717, 1.165) is 12.8 Å². The summed E-state index contributed by atoms with van der Waals surface area (Å²) in [6.45, 7) is 5.23. The molecule has 24 heavy (non-hydrogen) atoms. The summed E-state index contributed by atoms with van der Waals surface area (Å²) in [6, 6.07) is 10.3. The van der Waals surface area contributed by atoms with Gasteiger partial charge in [-0.2, -0.15) is 5.06 Å². The topological polar surface area (TPSA) is 51.2 Å². The fourth-order valence-electron chi connectivity index (χ4n) is 3.77. The lowest BCUT2D eigenvalue weighted by Gasteiger charge is -2.37. The number of ether oxygens (including phenoxy) is 2. The Labute approximate surface area is 145 Å². The van der Waals surface area contributed by atoms with Crippen LogP contribution in [0.25, 0.3) is 0 Å². The fourth-order valence-corrected chi connectivity index (χ4v) is 3.77. The van der Waals surface area contributed by atoms with E-state index in [0.29, 0.717) is 18.9 Å². The number of aliphatic hydroxyl groups is 1. The smallest absolute Gasteiger partial charge is 0.185 e. The lowest BCUT2D eigenvalue weighted by atomic mass is 9.81. The van der Waals surface area contributed by atoms with Crippen LogP contribution in [0.15, 0.2) is 30.3 Å². The zero-order valence-electron chi connectivity index (χ0n) is 15.3. The zero-order valence-corrected chi connectivity index (χ0v) is 15.3. The van der Waals surface area contributed by atoms with E-state index >= 15 is 0 Å². The van der Waals surface area contributed by atoms with E-state index in [1.54, 1.807) is 14.2 Å². The van der Waals surface area contributed by atoms with Crippen LogP contribution in [0, 0.1) is 5.92 Å². The highest BCUT2D eigenvalue weighted by Gasteiger charge is 2.49. The first kappa shape index (κ1) is 19.3. The van der Waals surface area contributed by atoms with E-state index < -0.39 is 6.29 Å². The molecule has 1 N–H and O–H groups in total. The Bertz CT molecular complexity index is 478. The van der Waals surface area contributed by atoms with Crippen molar-refractivity contribution in [2.75, 3.05) is 20.8 Å². The normalized spacial score (nSPS) is 25.0. The summed E-state index contributed by atoms with van der Waals surface area (Å²) in [5.74, 6) is 0.501. The van der Waals surface area contributed by atoms with Gasteiger partial charge >= 0.3 is 0 Å². The van der Waals surface area contributed by atoms with E-state index in [-0.39, 0.29) is 18.2 Å². The maximum atomic E-state index is 9.68. The van der Waals surface area contributed by atoms with Gasteiger partial charge in [0.2, 0.25) is 0 Å². The molecule has 1 saturated heterocycles. The number of aliphatic hydroxyl groups excluding tert-OH is 1. The van der Waals surface area contributed by atoms with Gasteiger partial charge in [-0.15, -0.1) is 0 Å². The average molecular weight is 337 g/mol. The molecule has 5 nitrogen and oxygen atoms in total. The first-order chi connectivity index (χ1) is 11.5. The Morgan fingerprint density at radius 3 is 2.46 bits per heavy atom. The number of hydroxylamine groups is 2. The first-order valence-corrected chi connectivity index (χ1v) is 8.69. The number of benzene rings is 1. The minimum Gasteiger partial charge on any atom is -0.396 e. The molecular formula is C19H31NO4. The van der Waals surface area contributed by atoms with Crippen LogP contribution in [0.2, 0.25) is 0 Å². The highest BCUT2D eigenvalue weighted by molar-refractivity contribution is 5.15.